The zero-order valence-electron chi connectivity index (χ0n) is 18.1. The van der Waals surface area contributed by atoms with Gasteiger partial charge in [0.05, 0.1) is 18.6 Å². The Morgan fingerprint density at radius 2 is 1.83 bits per heavy atom. The van der Waals surface area contributed by atoms with Crippen molar-refractivity contribution in [3.8, 4) is 0 Å². The van der Waals surface area contributed by atoms with Gasteiger partial charge < -0.3 is 14.9 Å². The van der Waals surface area contributed by atoms with E-state index in [4.69, 9.17) is 0 Å². The van der Waals surface area contributed by atoms with Crippen LogP contribution >= 0.6 is 0 Å². The van der Waals surface area contributed by atoms with Crippen molar-refractivity contribution in [3.63, 3.8) is 0 Å². The Balaban J connectivity index is 1.73. The van der Waals surface area contributed by atoms with E-state index in [0.29, 0.717) is 31.2 Å². The second-order valence-corrected chi connectivity index (χ2v) is 10.1. The molecule has 3 atom stereocenters. The second kappa shape index (κ2) is 8.67. The van der Waals surface area contributed by atoms with Gasteiger partial charge in [0.2, 0.25) is 11.8 Å². The summed E-state index contributed by atoms with van der Waals surface area (Å²) in [6.07, 6.45) is -0.918. The Hall–Kier alpha value is -1.31. The summed E-state index contributed by atoms with van der Waals surface area (Å²) in [5.41, 5.74) is -1.64. The van der Waals surface area contributed by atoms with E-state index in [1.165, 1.54) is 4.90 Å². The Bertz CT molecular complexity index is 648. The molecule has 0 aromatic rings. The molecule has 1 N–H and O–H groups in total. The van der Waals surface area contributed by atoms with Crippen LogP contribution in [0.4, 0.5) is 13.2 Å². The molecule has 1 saturated carbocycles. The number of amides is 2. The molecule has 1 spiro atoms. The molecule has 0 aromatic carbocycles. The van der Waals surface area contributed by atoms with Crippen LogP contribution in [0.5, 0.6) is 0 Å². The first-order chi connectivity index (χ1) is 13.9. The monoisotopic (exact) mass is 432 g/mol. The molecule has 0 bridgehead atoms. The predicted octanol–water partition coefficient (Wildman–Crippen LogP) is 3.75. The lowest BCUT2D eigenvalue weighted by Crippen LogP contribution is -2.64. The van der Waals surface area contributed by atoms with Crippen molar-refractivity contribution in [1.29, 1.82) is 0 Å². The molecule has 8 heteroatoms. The van der Waals surface area contributed by atoms with Gasteiger partial charge in [-0.1, -0.05) is 26.7 Å². The molecule has 2 aliphatic heterocycles. The average Bonchev–Trinajstić information content (AvgIpc) is 3.06. The van der Waals surface area contributed by atoms with E-state index in [9.17, 15) is 27.9 Å². The van der Waals surface area contributed by atoms with E-state index in [1.54, 1.807) is 4.90 Å². The molecule has 0 radical (unpaired) electrons. The van der Waals surface area contributed by atoms with Gasteiger partial charge in [-0.05, 0) is 37.5 Å². The topological polar surface area (TPSA) is 60.9 Å². The van der Waals surface area contributed by atoms with Crippen molar-refractivity contribution in [2.24, 2.45) is 17.3 Å². The van der Waals surface area contributed by atoms with Gasteiger partial charge in [-0.15, -0.1) is 0 Å². The van der Waals surface area contributed by atoms with Gasteiger partial charge >= 0.3 is 6.18 Å². The largest absolute Gasteiger partial charge is 0.389 e. The summed E-state index contributed by atoms with van der Waals surface area (Å²) in [4.78, 5) is 28.5. The summed E-state index contributed by atoms with van der Waals surface area (Å²) in [7, 11) is 0. The molecule has 3 fully saturated rings. The maximum atomic E-state index is 12.8. The van der Waals surface area contributed by atoms with Crippen LogP contribution in [0.15, 0.2) is 0 Å². The highest BCUT2D eigenvalue weighted by molar-refractivity contribution is 5.77. The van der Waals surface area contributed by atoms with Gasteiger partial charge in [-0.3, -0.25) is 9.59 Å². The number of rotatable bonds is 4. The van der Waals surface area contributed by atoms with E-state index in [2.05, 4.69) is 13.8 Å². The molecular weight excluding hydrogens is 397 g/mol. The number of piperidine rings is 1. The van der Waals surface area contributed by atoms with Crippen LogP contribution in [0.25, 0.3) is 0 Å². The summed E-state index contributed by atoms with van der Waals surface area (Å²) in [6, 6.07) is 0. The summed E-state index contributed by atoms with van der Waals surface area (Å²) >= 11 is 0. The number of halogens is 3. The Morgan fingerprint density at radius 3 is 2.47 bits per heavy atom. The van der Waals surface area contributed by atoms with E-state index in [1.807, 2.05) is 0 Å². The first-order valence-electron chi connectivity index (χ1n) is 11.3. The number of alkyl halides is 3. The third-order valence-electron chi connectivity index (χ3n) is 7.48. The third kappa shape index (κ3) is 5.11. The quantitative estimate of drug-likeness (QED) is 0.736. The van der Waals surface area contributed by atoms with Crippen molar-refractivity contribution in [3.05, 3.63) is 0 Å². The number of carbonyl (C=O) groups is 2. The first-order valence-corrected chi connectivity index (χ1v) is 11.3. The molecule has 172 valence electrons. The number of nitrogens with zero attached hydrogens (tertiary/aromatic N) is 2. The van der Waals surface area contributed by atoms with Crippen LogP contribution in [0, 0.1) is 17.3 Å². The van der Waals surface area contributed by atoms with Crippen molar-refractivity contribution >= 4 is 11.8 Å². The van der Waals surface area contributed by atoms with Gasteiger partial charge in [0.15, 0.2) is 0 Å². The number of carbonyl (C=O) groups excluding carboxylic acids is 2. The normalized spacial score (nSPS) is 32.5. The fourth-order valence-corrected chi connectivity index (χ4v) is 5.94. The molecule has 0 aromatic heterocycles. The van der Waals surface area contributed by atoms with Crippen molar-refractivity contribution in [2.75, 3.05) is 26.2 Å². The molecule has 30 heavy (non-hydrogen) atoms. The zero-order valence-corrected chi connectivity index (χ0v) is 18.1. The summed E-state index contributed by atoms with van der Waals surface area (Å²) in [5.74, 6) is 0.255. The van der Waals surface area contributed by atoms with Gasteiger partial charge in [0.25, 0.3) is 0 Å². The van der Waals surface area contributed by atoms with E-state index in [-0.39, 0.29) is 25.5 Å². The fraction of sp³-hybridized carbons (Fsp3) is 0.909. The molecule has 2 heterocycles. The van der Waals surface area contributed by atoms with Crippen LogP contribution in [-0.2, 0) is 9.59 Å². The summed E-state index contributed by atoms with van der Waals surface area (Å²) < 4.78 is 37.6. The number of aliphatic hydroxyl groups is 1. The molecular formula is C22H35F3N2O3. The SMILES string of the molecule is CC1CC(=O)N(CC2(O)CCN(C(=O)CCC(F)(F)F)CC23CCCC3)CC(C)C1. The molecule has 2 amide bonds. The zero-order chi connectivity index (χ0) is 22.2. The molecule has 5 nitrogen and oxygen atoms in total. The van der Waals surface area contributed by atoms with Gasteiger partial charge in [-0.2, -0.15) is 13.2 Å². The highest BCUT2D eigenvalue weighted by atomic mass is 19.4. The minimum atomic E-state index is -4.35. The molecule has 1 aliphatic carbocycles. The van der Waals surface area contributed by atoms with Crippen LogP contribution < -0.4 is 0 Å². The van der Waals surface area contributed by atoms with Crippen molar-refractivity contribution in [2.45, 2.75) is 83.4 Å². The number of likely N-dealkylation sites (tertiary alicyclic amines) is 2. The van der Waals surface area contributed by atoms with Crippen LogP contribution in [0.3, 0.4) is 0 Å². The second-order valence-electron chi connectivity index (χ2n) is 10.1. The van der Waals surface area contributed by atoms with Gasteiger partial charge in [0.1, 0.15) is 0 Å². The number of hydrogen-bond donors (Lipinski definition) is 1. The standard InChI is InChI=1S/C22H35F3N2O3/c1-16-11-17(2)13-27(19(29)12-16)15-21(30)9-10-26(14-20(21)6-3-4-7-20)18(28)5-8-22(23,24)25/h16-17,30H,3-15H2,1-2H3. The van der Waals surface area contributed by atoms with Crippen molar-refractivity contribution < 1.29 is 27.9 Å². The van der Waals surface area contributed by atoms with Gasteiger partial charge in [-0.25, -0.2) is 0 Å². The van der Waals surface area contributed by atoms with E-state index >= 15 is 0 Å². The number of hydrogen-bond acceptors (Lipinski definition) is 3. The lowest BCUT2D eigenvalue weighted by molar-refractivity contribution is -0.171. The minimum absolute atomic E-state index is 0.0668. The van der Waals surface area contributed by atoms with Crippen LogP contribution in [-0.4, -0.2) is 64.7 Å². The minimum Gasteiger partial charge on any atom is -0.387 e. The van der Waals surface area contributed by atoms with E-state index in [0.717, 1.165) is 32.1 Å². The lowest BCUT2D eigenvalue weighted by atomic mass is 9.65. The number of β-amino-alcohol motifs (C(OH)–C–C–N with tert-alkyl or cyclic N) is 1. The molecule has 3 aliphatic rings. The Labute approximate surface area is 177 Å². The fourth-order valence-electron chi connectivity index (χ4n) is 5.94. The highest BCUT2D eigenvalue weighted by Gasteiger charge is 2.56. The Morgan fingerprint density at radius 1 is 1.17 bits per heavy atom. The summed E-state index contributed by atoms with van der Waals surface area (Å²) in [5, 5.41) is 11.8. The predicted molar refractivity (Wildman–Crippen MR) is 106 cm³/mol. The lowest BCUT2D eigenvalue weighted by Gasteiger charge is -2.53. The highest BCUT2D eigenvalue weighted by Crippen LogP contribution is 2.51. The first kappa shape index (κ1) is 23.4. The summed E-state index contributed by atoms with van der Waals surface area (Å²) in [6.45, 7) is 5.61. The Kier molecular flexibility index (Phi) is 6.75. The maximum absolute atomic E-state index is 12.8. The van der Waals surface area contributed by atoms with Gasteiger partial charge in [0, 0.05) is 37.9 Å². The smallest absolute Gasteiger partial charge is 0.387 e. The average molecular weight is 433 g/mol. The van der Waals surface area contributed by atoms with Crippen LogP contribution in [0.1, 0.15) is 71.6 Å². The molecule has 3 unspecified atom stereocenters. The molecule has 2 saturated heterocycles. The van der Waals surface area contributed by atoms with E-state index < -0.39 is 35.9 Å². The molecule has 3 rings (SSSR count). The van der Waals surface area contributed by atoms with Crippen molar-refractivity contribution in [1.82, 2.24) is 9.80 Å². The third-order valence-corrected chi connectivity index (χ3v) is 7.48. The maximum Gasteiger partial charge on any atom is 0.389 e. The van der Waals surface area contributed by atoms with Crippen LogP contribution in [0.2, 0.25) is 0 Å².